The number of hydrazine groups is 1. The van der Waals surface area contributed by atoms with Crippen LogP contribution in [-0.2, 0) is 0 Å². The van der Waals surface area contributed by atoms with Crippen molar-refractivity contribution >= 4 is 0 Å². The second kappa shape index (κ2) is 5.48. The standard InChI is InChI=1S/C14H16N2O/c1-11(16-15)12-7-9-14(10-8-12)17-13-5-3-2-4-6-13/h2-11,16H,15H2,1H3/t11-/m0/s1. The second-order valence-electron chi connectivity index (χ2n) is 3.87. The van der Waals surface area contributed by atoms with Gasteiger partial charge in [0.2, 0.25) is 0 Å². The molecule has 0 heterocycles. The number of benzene rings is 2. The Bertz CT molecular complexity index is 453. The Morgan fingerprint density at radius 3 is 2.12 bits per heavy atom. The fourth-order valence-electron chi connectivity index (χ4n) is 1.55. The van der Waals surface area contributed by atoms with Gasteiger partial charge in [0.05, 0.1) is 0 Å². The maximum atomic E-state index is 5.70. The molecule has 0 fully saturated rings. The molecule has 2 aromatic rings. The number of rotatable bonds is 4. The lowest BCUT2D eigenvalue weighted by atomic mass is 10.1. The molecule has 0 saturated heterocycles. The second-order valence-corrected chi connectivity index (χ2v) is 3.87. The Labute approximate surface area is 101 Å². The topological polar surface area (TPSA) is 47.3 Å². The van der Waals surface area contributed by atoms with Crippen LogP contribution in [0.15, 0.2) is 54.6 Å². The van der Waals surface area contributed by atoms with E-state index in [1.807, 2.05) is 61.5 Å². The minimum atomic E-state index is 0.140. The first-order valence-corrected chi connectivity index (χ1v) is 5.58. The smallest absolute Gasteiger partial charge is 0.127 e. The molecule has 2 rings (SSSR count). The lowest BCUT2D eigenvalue weighted by Gasteiger charge is -2.11. The number of hydrogen-bond acceptors (Lipinski definition) is 3. The van der Waals surface area contributed by atoms with Gasteiger partial charge in [0.1, 0.15) is 11.5 Å². The Morgan fingerprint density at radius 1 is 0.941 bits per heavy atom. The normalized spacial score (nSPS) is 12.1. The first-order chi connectivity index (χ1) is 8.29. The van der Waals surface area contributed by atoms with Crippen LogP contribution in [0.3, 0.4) is 0 Å². The molecule has 0 aliphatic carbocycles. The Balaban J connectivity index is 2.08. The van der Waals surface area contributed by atoms with Gasteiger partial charge >= 0.3 is 0 Å². The lowest BCUT2D eigenvalue weighted by molar-refractivity contribution is 0.482. The molecule has 17 heavy (non-hydrogen) atoms. The van der Waals surface area contributed by atoms with Gasteiger partial charge in [0.15, 0.2) is 0 Å². The Hall–Kier alpha value is -1.84. The molecule has 0 aliphatic rings. The highest BCUT2D eigenvalue weighted by atomic mass is 16.5. The monoisotopic (exact) mass is 228 g/mol. The van der Waals surface area contributed by atoms with E-state index in [1.54, 1.807) is 0 Å². The lowest BCUT2D eigenvalue weighted by Crippen LogP contribution is -2.25. The van der Waals surface area contributed by atoms with Crippen LogP contribution >= 0.6 is 0 Å². The molecular weight excluding hydrogens is 212 g/mol. The molecule has 0 radical (unpaired) electrons. The quantitative estimate of drug-likeness (QED) is 0.624. The van der Waals surface area contributed by atoms with Crippen molar-refractivity contribution in [2.24, 2.45) is 5.84 Å². The van der Waals surface area contributed by atoms with Crippen LogP contribution in [-0.4, -0.2) is 0 Å². The fourth-order valence-corrected chi connectivity index (χ4v) is 1.55. The fraction of sp³-hybridized carbons (Fsp3) is 0.143. The van der Waals surface area contributed by atoms with Crippen molar-refractivity contribution < 1.29 is 4.74 Å². The van der Waals surface area contributed by atoms with Crippen molar-refractivity contribution in [3.05, 3.63) is 60.2 Å². The highest BCUT2D eigenvalue weighted by Gasteiger charge is 2.02. The van der Waals surface area contributed by atoms with Gasteiger partial charge in [0, 0.05) is 6.04 Å². The average molecular weight is 228 g/mol. The largest absolute Gasteiger partial charge is 0.457 e. The summed E-state index contributed by atoms with van der Waals surface area (Å²) in [6.07, 6.45) is 0. The van der Waals surface area contributed by atoms with Crippen LogP contribution in [0.2, 0.25) is 0 Å². The van der Waals surface area contributed by atoms with Crippen molar-refractivity contribution in [3.8, 4) is 11.5 Å². The molecule has 3 nitrogen and oxygen atoms in total. The van der Waals surface area contributed by atoms with Crippen molar-refractivity contribution in [3.63, 3.8) is 0 Å². The Morgan fingerprint density at radius 2 is 1.53 bits per heavy atom. The summed E-state index contributed by atoms with van der Waals surface area (Å²) in [5.74, 6) is 7.05. The summed E-state index contributed by atoms with van der Waals surface area (Å²) in [4.78, 5) is 0. The molecule has 0 bridgehead atoms. The van der Waals surface area contributed by atoms with Crippen LogP contribution < -0.4 is 16.0 Å². The first kappa shape index (κ1) is 11.6. The van der Waals surface area contributed by atoms with E-state index < -0.39 is 0 Å². The van der Waals surface area contributed by atoms with E-state index in [1.165, 1.54) is 0 Å². The van der Waals surface area contributed by atoms with Crippen molar-refractivity contribution in [1.82, 2.24) is 5.43 Å². The summed E-state index contributed by atoms with van der Waals surface area (Å²) in [6.45, 7) is 2.01. The molecule has 88 valence electrons. The maximum absolute atomic E-state index is 5.70. The molecule has 0 amide bonds. The summed E-state index contributed by atoms with van der Waals surface area (Å²) in [5.41, 5.74) is 3.84. The van der Waals surface area contributed by atoms with E-state index in [9.17, 15) is 0 Å². The van der Waals surface area contributed by atoms with Crippen LogP contribution in [0, 0.1) is 0 Å². The predicted molar refractivity (Wildman–Crippen MR) is 68.7 cm³/mol. The van der Waals surface area contributed by atoms with Gasteiger partial charge in [-0.05, 0) is 36.8 Å². The van der Waals surface area contributed by atoms with E-state index >= 15 is 0 Å². The summed E-state index contributed by atoms with van der Waals surface area (Å²) >= 11 is 0. The summed E-state index contributed by atoms with van der Waals surface area (Å²) in [5, 5.41) is 0. The molecule has 0 aliphatic heterocycles. The SMILES string of the molecule is C[C@H](NN)c1ccc(Oc2ccccc2)cc1. The number of para-hydroxylation sites is 1. The minimum Gasteiger partial charge on any atom is -0.457 e. The van der Waals surface area contributed by atoms with Gasteiger partial charge in [-0.3, -0.25) is 11.3 Å². The van der Waals surface area contributed by atoms with Crippen molar-refractivity contribution in [2.45, 2.75) is 13.0 Å². The molecule has 1 atom stereocenters. The van der Waals surface area contributed by atoms with Crippen LogP contribution in [0.25, 0.3) is 0 Å². The van der Waals surface area contributed by atoms with Gasteiger partial charge in [-0.25, -0.2) is 0 Å². The van der Waals surface area contributed by atoms with Gasteiger partial charge in [0.25, 0.3) is 0 Å². The number of nitrogens with one attached hydrogen (secondary N) is 1. The van der Waals surface area contributed by atoms with E-state index in [0.29, 0.717) is 0 Å². The van der Waals surface area contributed by atoms with Crippen molar-refractivity contribution in [1.29, 1.82) is 0 Å². The molecule has 0 unspecified atom stereocenters. The number of nitrogens with two attached hydrogens (primary N) is 1. The zero-order valence-electron chi connectivity index (χ0n) is 9.76. The first-order valence-electron chi connectivity index (χ1n) is 5.58. The van der Waals surface area contributed by atoms with E-state index in [-0.39, 0.29) is 6.04 Å². The molecular formula is C14H16N2O. The van der Waals surface area contributed by atoms with Crippen LogP contribution in [0.1, 0.15) is 18.5 Å². The molecule has 3 heteroatoms. The number of hydrogen-bond donors (Lipinski definition) is 2. The predicted octanol–water partition coefficient (Wildman–Crippen LogP) is 3.00. The maximum Gasteiger partial charge on any atom is 0.127 e. The molecule has 0 saturated carbocycles. The molecule has 0 aromatic heterocycles. The van der Waals surface area contributed by atoms with Gasteiger partial charge < -0.3 is 4.74 Å². The van der Waals surface area contributed by atoms with Crippen LogP contribution in [0.4, 0.5) is 0 Å². The molecule has 0 spiro atoms. The highest BCUT2D eigenvalue weighted by molar-refractivity contribution is 5.33. The third-order valence-corrected chi connectivity index (χ3v) is 2.61. The van der Waals surface area contributed by atoms with Crippen molar-refractivity contribution in [2.75, 3.05) is 0 Å². The summed E-state index contributed by atoms with van der Waals surface area (Å²) in [6, 6.07) is 17.7. The van der Waals surface area contributed by atoms with Gasteiger partial charge in [-0.2, -0.15) is 0 Å². The third-order valence-electron chi connectivity index (χ3n) is 2.61. The van der Waals surface area contributed by atoms with E-state index in [4.69, 9.17) is 10.6 Å². The molecule has 2 aromatic carbocycles. The third kappa shape index (κ3) is 3.06. The van der Waals surface area contributed by atoms with Gasteiger partial charge in [-0.1, -0.05) is 30.3 Å². The summed E-state index contributed by atoms with van der Waals surface area (Å²) < 4.78 is 5.70. The average Bonchev–Trinajstić information content (AvgIpc) is 2.40. The highest BCUT2D eigenvalue weighted by Crippen LogP contribution is 2.22. The van der Waals surface area contributed by atoms with E-state index in [2.05, 4.69) is 5.43 Å². The number of ether oxygens (including phenoxy) is 1. The van der Waals surface area contributed by atoms with Crippen LogP contribution in [0.5, 0.6) is 11.5 Å². The zero-order valence-corrected chi connectivity index (χ0v) is 9.76. The van der Waals surface area contributed by atoms with E-state index in [0.717, 1.165) is 17.1 Å². The van der Waals surface area contributed by atoms with Gasteiger partial charge in [-0.15, -0.1) is 0 Å². The minimum absolute atomic E-state index is 0.140. The summed E-state index contributed by atoms with van der Waals surface area (Å²) in [7, 11) is 0. The zero-order chi connectivity index (χ0) is 12.1. The Kier molecular flexibility index (Phi) is 3.75. The molecule has 3 N–H and O–H groups in total.